The number of carboxylic acid groups (broad SMARTS) is 2. The van der Waals surface area contributed by atoms with Crippen molar-refractivity contribution in [3.05, 3.63) is 142 Å². The first-order chi connectivity index (χ1) is 20.4. The molecule has 0 radical (unpaired) electrons. The molecule has 2 amide bonds. The van der Waals surface area contributed by atoms with Gasteiger partial charge in [0.15, 0.2) is 0 Å². The van der Waals surface area contributed by atoms with Crippen molar-refractivity contribution in [2.45, 2.75) is 11.8 Å². The average molecular weight is 563 g/mol. The molecule has 4 aromatic carbocycles. The fourth-order valence-corrected chi connectivity index (χ4v) is 5.01. The number of primary amides is 2. The molecule has 0 saturated heterocycles. The van der Waals surface area contributed by atoms with Gasteiger partial charge < -0.3 is 21.7 Å². The van der Waals surface area contributed by atoms with Gasteiger partial charge in [-0.1, -0.05) is 121 Å². The van der Waals surface area contributed by atoms with Crippen LogP contribution in [0.4, 0.5) is 0 Å². The minimum atomic E-state index is -0.368. The molecule has 8 nitrogen and oxygen atoms in total. The van der Waals surface area contributed by atoms with Crippen LogP contribution in [0.15, 0.2) is 97.1 Å². The van der Waals surface area contributed by atoms with Crippen LogP contribution in [-0.4, -0.2) is 35.0 Å². The van der Waals surface area contributed by atoms with Crippen LogP contribution < -0.4 is 11.5 Å². The standard InChI is InChI=1S/2C16H13NO.2CH2O2/c2*17-16(18)15-13-7-3-1-5-11(13)9-10-12-6-2-4-8-14(12)15;2*2-1-3/h2*1-10,15H,(H2,17,18);2*1H,(H,2,3). The van der Waals surface area contributed by atoms with Gasteiger partial charge in [-0.2, -0.15) is 0 Å². The summed E-state index contributed by atoms with van der Waals surface area (Å²) in [4.78, 5) is 40.4. The molecule has 4 aromatic rings. The number of fused-ring (bicyclic) bond motifs is 4. The SMILES string of the molecule is NC(=O)C1c2ccccc2C=Cc2ccccc21.NC(=O)C1c2ccccc2C=Cc2ccccc21.O=CO.O=CO. The molecule has 0 atom stereocenters. The molecule has 0 fully saturated rings. The highest BCUT2D eigenvalue weighted by molar-refractivity contribution is 5.92. The largest absolute Gasteiger partial charge is 0.483 e. The van der Waals surface area contributed by atoms with E-state index in [4.69, 9.17) is 31.3 Å². The minimum Gasteiger partial charge on any atom is -0.483 e. The Kier molecular flexibility index (Phi) is 11.1. The van der Waals surface area contributed by atoms with Gasteiger partial charge in [-0.3, -0.25) is 19.2 Å². The number of rotatable bonds is 2. The van der Waals surface area contributed by atoms with E-state index in [1.807, 2.05) is 121 Å². The lowest BCUT2D eigenvalue weighted by Gasteiger charge is -2.16. The fourth-order valence-electron chi connectivity index (χ4n) is 5.01. The van der Waals surface area contributed by atoms with Crippen LogP contribution in [0.5, 0.6) is 0 Å². The van der Waals surface area contributed by atoms with Crippen molar-refractivity contribution in [2.75, 3.05) is 0 Å². The molecule has 0 unspecified atom stereocenters. The number of hydrogen-bond acceptors (Lipinski definition) is 4. The Labute approximate surface area is 243 Å². The van der Waals surface area contributed by atoms with Crippen molar-refractivity contribution in [3.63, 3.8) is 0 Å². The molecular weight excluding hydrogens is 532 g/mol. The summed E-state index contributed by atoms with van der Waals surface area (Å²) in [6.45, 7) is -0.500. The topological polar surface area (TPSA) is 161 Å². The summed E-state index contributed by atoms with van der Waals surface area (Å²) in [5, 5.41) is 13.8. The molecule has 0 aliphatic heterocycles. The number of carbonyl (C=O) groups is 4. The Morgan fingerprint density at radius 2 is 0.667 bits per heavy atom. The monoisotopic (exact) mass is 562 g/mol. The number of amides is 2. The van der Waals surface area contributed by atoms with Gasteiger partial charge in [-0.05, 0) is 44.5 Å². The number of hydrogen-bond donors (Lipinski definition) is 4. The molecule has 6 N–H and O–H groups in total. The van der Waals surface area contributed by atoms with Crippen LogP contribution in [0, 0.1) is 0 Å². The maximum atomic E-state index is 11.8. The van der Waals surface area contributed by atoms with Crippen molar-refractivity contribution in [1.29, 1.82) is 0 Å². The van der Waals surface area contributed by atoms with Crippen molar-refractivity contribution < 1.29 is 29.4 Å². The first-order valence-corrected chi connectivity index (χ1v) is 12.8. The molecule has 2 aliphatic carbocycles. The molecule has 2 aliphatic rings. The second-order valence-electron chi connectivity index (χ2n) is 9.06. The van der Waals surface area contributed by atoms with Crippen LogP contribution >= 0.6 is 0 Å². The lowest BCUT2D eigenvalue weighted by molar-refractivity contribution is -0.123. The number of benzene rings is 4. The van der Waals surface area contributed by atoms with Gasteiger partial charge in [0.05, 0.1) is 11.8 Å². The molecular formula is C34H30N2O6. The normalized spacial score (nSPS) is 12.2. The van der Waals surface area contributed by atoms with Crippen molar-refractivity contribution in [3.8, 4) is 0 Å². The van der Waals surface area contributed by atoms with E-state index >= 15 is 0 Å². The number of nitrogens with two attached hydrogens (primary N) is 2. The van der Waals surface area contributed by atoms with Crippen molar-refractivity contribution >= 4 is 49.1 Å². The molecule has 212 valence electrons. The third kappa shape index (κ3) is 7.25. The third-order valence-corrected chi connectivity index (χ3v) is 6.68. The summed E-state index contributed by atoms with van der Waals surface area (Å²) in [5.41, 5.74) is 19.3. The number of carbonyl (C=O) groups excluding carboxylic acids is 2. The summed E-state index contributed by atoms with van der Waals surface area (Å²) < 4.78 is 0. The molecule has 8 heteroatoms. The molecule has 42 heavy (non-hydrogen) atoms. The summed E-state index contributed by atoms with van der Waals surface area (Å²) in [6, 6.07) is 31.6. The Morgan fingerprint density at radius 1 is 0.476 bits per heavy atom. The van der Waals surface area contributed by atoms with Gasteiger partial charge in [-0.25, -0.2) is 0 Å². The predicted octanol–water partition coefficient (Wildman–Crippen LogP) is 4.98. The van der Waals surface area contributed by atoms with Crippen molar-refractivity contribution in [2.24, 2.45) is 11.5 Å². The van der Waals surface area contributed by atoms with E-state index in [0.29, 0.717) is 0 Å². The third-order valence-electron chi connectivity index (χ3n) is 6.68. The van der Waals surface area contributed by atoms with Gasteiger partial charge in [-0.15, -0.1) is 0 Å². The fraction of sp³-hybridized carbons (Fsp3) is 0.0588. The summed E-state index contributed by atoms with van der Waals surface area (Å²) in [6.07, 6.45) is 8.16. The van der Waals surface area contributed by atoms with E-state index in [1.165, 1.54) is 0 Å². The first kappa shape index (κ1) is 30.8. The minimum absolute atomic E-state index is 0.250. The van der Waals surface area contributed by atoms with E-state index in [0.717, 1.165) is 44.5 Å². The Bertz CT molecular complexity index is 1410. The van der Waals surface area contributed by atoms with Gasteiger partial charge in [0.25, 0.3) is 12.9 Å². The van der Waals surface area contributed by atoms with E-state index in [1.54, 1.807) is 0 Å². The lowest BCUT2D eigenvalue weighted by atomic mass is 9.87. The van der Waals surface area contributed by atoms with E-state index in [-0.39, 0.29) is 36.6 Å². The second-order valence-corrected chi connectivity index (χ2v) is 9.06. The summed E-state index contributed by atoms with van der Waals surface area (Å²) in [7, 11) is 0. The second kappa shape index (κ2) is 15.1. The maximum Gasteiger partial charge on any atom is 0.290 e. The van der Waals surface area contributed by atoms with Gasteiger partial charge in [0.2, 0.25) is 11.8 Å². The zero-order valence-corrected chi connectivity index (χ0v) is 22.5. The highest BCUT2D eigenvalue weighted by atomic mass is 16.3. The lowest BCUT2D eigenvalue weighted by Crippen LogP contribution is -2.23. The summed E-state index contributed by atoms with van der Waals surface area (Å²) in [5.74, 6) is -1.35. The summed E-state index contributed by atoms with van der Waals surface area (Å²) >= 11 is 0. The highest BCUT2D eigenvalue weighted by Gasteiger charge is 2.26. The predicted molar refractivity (Wildman–Crippen MR) is 163 cm³/mol. The quantitative estimate of drug-likeness (QED) is 0.252. The van der Waals surface area contributed by atoms with E-state index < -0.39 is 0 Å². The first-order valence-electron chi connectivity index (χ1n) is 12.8. The molecule has 0 bridgehead atoms. The highest BCUT2D eigenvalue weighted by Crippen LogP contribution is 2.35. The smallest absolute Gasteiger partial charge is 0.290 e. The molecule has 0 saturated carbocycles. The van der Waals surface area contributed by atoms with Crippen LogP contribution in [0.2, 0.25) is 0 Å². The zero-order chi connectivity index (χ0) is 30.5. The van der Waals surface area contributed by atoms with Gasteiger partial charge in [0, 0.05) is 0 Å². The molecule has 0 heterocycles. The molecule has 0 spiro atoms. The maximum absolute atomic E-state index is 11.8. The van der Waals surface area contributed by atoms with Crippen LogP contribution in [0.25, 0.3) is 24.3 Å². The molecule has 0 aromatic heterocycles. The van der Waals surface area contributed by atoms with Crippen LogP contribution in [0.3, 0.4) is 0 Å². The Balaban J connectivity index is 0.000000195. The van der Waals surface area contributed by atoms with Crippen LogP contribution in [-0.2, 0) is 19.2 Å². The average Bonchev–Trinajstić information content (AvgIpc) is 3.26. The van der Waals surface area contributed by atoms with Crippen molar-refractivity contribution in [1.82, 2.24) is 0 Å². The Hall–Kier alpha value is -5.76. The van der Waals surface area contributed by atoms with Gasteiger partial charge in [0.1, 0.15) is 0 Å². The zero-order valence-electron chi connectivity index (χ0n) is 22.5. The van der Waals surface area contributed by atoms with Gasteiger partial charge >= 0.3 is 0 Å². The molecule has 6 rings (SSSR count). The van der Waals surface area contributed by atoms with Crippen LogP contribution in [0.1, 0.15) is 56.3 Å². The van der Waals surface area contributed by atoms with E-state index in [2.05, 4.69) is 0 Å². The van der Waals surface area contributed by atoms with E-state index in [9.17, 15) is 9.59 Å². The Morgan fingerprint density at radius 3 is 0.857 bits per heavy atom.